The van der Waals surface area contributed by atoms with Crippen LogP contribution in [0.2, 0.25) is 0 Å². The lowest BCUT2D eigenvalue weighted by Crippen LogP contribution is -2.26. The smallest absolute Gasteiger partial charge is 0.257 e. The number of methoxy groups -OCH3 is 2. The van der Waals surface area contributed by atoms with E-state index in [1.165, 1.54) is 7.11 Å². The highest BCUT2D eigenvalue weighted by Crippen LogP contribution is 2.41. The number of para-hydroxylation sites is 1. The molecule has 0 fully saturated rings. The minimum absolute atomic E-state index is 0.0947. The lowest BCUT2D eigenvalue weighted by atomic mass is 9.85. The van der Waals surface area contributed by atoms with E-state index in [1.807, 2.05) is 54.6 Å². The van der Waals surface area contributed by atoms with Gasteiger partial charge >= 0.3 is 0 Å². The van der Waals surface area contributed by atoms with Crippen LogP contribution in [0.5, 0.6) is 17.2 Å². The van der Waals surface area contributed by atoms with E-state index in [-0.39, 0.29) is 22.8 Å². The highest BCUT2D eigenvalue weighted by atomic mass is 32.1. The van der Waals surface area contributed by atoms with Crippen molar-refractivity contribution in [2.24, 2.45) is 0 Å². The Kier molecular flexibility index (Phi) is 7.37. The number of H-pyrrole nitrogens is 2. The Morgan fingerprint density at radius 2 is 1.74 bits per heavy atom. The van der Waals surface area contributed by atoms with Gasteiger partial charge in [-0.25, -0.2) is 0 Å². The molecule has 9 nitrogen and oxygen atoms in total. The standard InChI is InChI=1S/C32H28N4O5S/c1-40-24-13-12-19(16-25(24)41-2)30(38)33-15-14-21-20-10-6-7-11-23(20)35-28(21)26(18-8-4-3-5-9-18)27-29(37)22-17-34-42-32(22)36-31(27)39/h3-13,16-17,26,35H,14-15H2,1-2H3,(H,33,38)(H2,36,37,39). The van der Waals surface area contributed by atoms with E-state index in [9.17, 15) is 14.7 Å². The number of aromatic amines is 2. The average Bonchev–Trinajstić information content (AvgIpc) is 3.64. The first-order valence-electron chi connectivity index (χ1n) is 13.3. The third-order valence-electron chi connectivity index (χ3n) is 7.42. The van der Waals surface area contributed by atoms with Gasteiger partial charge in [0.15, 0.2) is 11.5 Å². The average molecular weight is 581 g/mol. The zero-order valence-corrected chi connectivity index (χ0v) is 23.7. The molecule has 0 aliphatic rings. The van der Waals surface area contributed by atoms with Crippen LogP contribution in [-0.2, 0) is 6.42 Å². The van der Waals surface area contributed by atoms with Gasteiger partial charge in [-0.15, -0.1) is 0 Å². The number of carbonyl (C=O) groups is 1. The zero-order chi connectivity index (χ0) is 29.2. The molecular formula is C32H28N4O5S. The first-order valence-corrected chi connectivity index (χ1v) is 14.1. The molecule has 0 saturated heterocycles. The maximum atomic E-state index is 13.5. The first kappa shape index (κ1) is 27.1. The number of rotatable bonds is 9. The van der Waals surface area contributed by atoms with E-state index < -0.39 is 5.92 Å². The fourth-order valence-corrected chi connectivity index (χ4v) is 6.08. The molecule has 0 spiro atoms. The fraction of sp³-hybridized carbons (Fsp3) is 0.156. The number of benzene rings is 3. The Labute approximate surface area is 244 Å². The molecule has 1 atom stereocenters. The summed E-state index contributed by atoms with van der Waals surface area (Å²) in [4.78, 5) is 33.5. The number of nitrogens with zero attached hydrogens (tertiary/aromatic N) is 1. The molecule has 42 heavy (non-hydrogen) atoms. The Morgan fingerprint density at radius 3 is 2.52 bits per heavy atom. The van der Waals surface area contributed by atoms with Gasteiger partial charge in [0.1, 0.15) is 10.6 Å². The summed E-state index contributed by atoms with van der Waals surface area (Å²) in [5.41, 5.74) is 3.73. The largest absolute Gasteiger partial charge is 0.507 e. The summed E-state index contributed by atoms with van der Waals surface area (Å²) in [6, 6.07) is 22.5. The van der Waals surface area contributed by atoms with Crippen molar-refractivity contribution in [3.05, 3.63) is 117 Å². The molecule has 0 aliphatic carbocycles. The highest BCUT2D eigenvalue weighted by molar-refractivity contribution is 7.12. The summed E-state index contributed by atoms with van der Waals surface area (Å²) in [5.74, 6) is 0.0593. The van der Waals surface area contributed by atoms with Crippen molar-refractivity contribution in [1.29, 1.82) is 0 Å². The van der Waals surface area contributed by atoms with Crippen molar-refractivity contribution < 1.29 is 19.4 Å². The molecule has 10 heteroatoms. The second-order valence-electron chi connectivity index (χ2n) is 9.77. The van der Waals surface area contributed by atoms with E-state index in [1.54, 1.807) is 31.5 Å². The van der Waals surface area contributed by atoms with Gasteiger partial charge in [-0.2, -0.15) is 4.37 Å². The number of carbonyl (C=O) groups excluding carboxylic acids is 1. The molecule has 3 aromatic carbocycles. The van der Waals surface area contributed by atoms with Crippen LogP contribution in [0.3, 0.4) is 0 Å². The van der Waals surface area contributed by atoms with E-state index in [2.05, 4.69) is 19.7 Å². The molecule has 1 amide bonds. The normalized spacial score (nSPS) is 12.0. The number of aromatic hydroxyl groups is 1. The summed E-state index contributed by atoms with van der Waals surface area (Å²) in [6.45, 7) is 0.333. The van der Waals surface area contributed by atoms with Gasteiger partial charge in [0.25, 0.3) is 11.5 Å². The molecule has 4 N–H and O–H groups in total. The van der Waals surface area contributed by atoms with Crippen LogP contribution in [0, 0.1) is 0 Å². The molecular weight excluding hydrogens is 552 g/mol. The van der Waals surface area contributed by atoms with Crippen molar-refractivity contribution in [3.63, 3.8) is 0 Å². The van der Waals surface area contributed by atoms with Gasteiger partial charge < -0.3 is 29.9 Å². The molecule has 3 aromatic heterocycles. The van der Waals surface area contributed by atoms with E-state index in [0.717, 1.165) is 39.3 Å². The summed E-state index contributed by atoms with van der Waals surface area (Å²) < 4.78 is 14.8. The minimum Gasteiger partial charge on any atom is -0.507 e. The monoisotopic (exact) mass is 580 g/mol. The molecule has 0 bridgehead atoms. The molecule has 0 aliphatic heterocycles. The van der Waals surface area contributed by atoms with Gasteiger partial charge in [0.2, 0.25) is 0 Å². The number of amides is 1. The van der Waals surface area contributed by atoms with Crippen LogP contribution in [0.4, 0.5) is 0 Å². The Hall–Kier alpha value is -5.09. The Morgan fingerprint density at radius 1 is 0.976 bits per heavy atom. The molecule has 1 unspecified atom stereocenters. The van der Waals surface area contributed by atoms with Crippen molar-refractivity contribution in [2.45, 2.75) is 12.3 Å². The summed E-state index contributed by atoms with van der Waals surface area (Å²) >= 11 is 1.12. The lowest BCUT2D eigenvalue weighted by molar-refractivity contribution is 0.0953. The number of hydrogen-bond acceptors (Lipinski definition) is 7. The zero-order valence-electron chi connectivity index (χ0n) is 22.9. The number of hydrogen-bond donors (Lipinski definition) is 4. The number of ether oxygens (including phenoxy) is 2. The first-order chi connectivity index (χ1) is 20.5. The van der Waals surface area contributed by atoms with Gasteiger partial charge in [-0.1, -0.05) is 48.5 Å². The Balaban J connectivity index is 1.41. The van der Waals surface area contributed by atoms with Crippen LogP contribution >= 0.6 is 11.5 Å². The van der Waals surface area contributed by atoms with E-state index >= 15 is 0 Å². The summed E-state index contributed by atoms with van der Waals surface area (Å²) in [6.07, 6.45) is 2.04. The summed E-state index contributed by atoms with van der Waals surface area (Å²) in [5, 5.41) is 15.9. The third kappa shape index (κ3) is 4.86. The molecule has 6 rings (SSSR count). The van der Waals surface area contributed by atoms with E-state index in [0.29, 0.717) is 40.2 Å². The van der Waals surface area contributed by atoms with Crippen LogP contribution in [0.25, 0.3) is 21.1 Å². The third-order valence-corrected chi connectivity index (χ3v) is 8.13. The quantitative estimate of drug-likeness (QED) is 0.183. The molecule has 6 aromatic rings. The highest BCUT2D eigenvalue weighted by Gasteiger charge is 2.29. The predicted molar refractivity (Wildman–Crippen MR) is 163 cm³/mol. The fourth-order valence-electron chi connectivity index (χ4n) is 5.43. The summed E-state index contributed by atoms with van der Waals surface area (Å²) in [7, 11) is 3.07. The number of nitrogens with one attached hydrogen (secondary N) is 3. The maximum Gasteiger partial charge on any atom is 0.257 e. The topological polar surface area (TPSA) is 129 Å². The molecule has 0 radical (unpaired) electrons. The van der Waals surface area contributed by atoms with Crippen molar-refractivity contribution in [3.8, 4) is 17.2 Å². The molecule has 212 valence electrons. The van der Waals surface area contributed by atoms with Crippen LogP contribution in [-0.4, -0.2) is 46.1 Å². The lowest BCUT2D eigenvalue weighted by Gasteiger charge is -2.20. The predicted octanol–water partition coefficient (Wildman–Crippen LogP) is 5.34. The van der Waals surface area contributed by atoms with Crippen molar-refractivity contribution in [1.82, 2.24) is 19.7 Å². The molecule has 0 saturated carbocycles. The number of aromatic nitrogens is 3. The van der Waals surface area contributed by atoms with Crippen LogP contribution in [0.1, 0.15) is 38.7 Å². The van der Waals surface area contributed by atoms with Crippen molar-refractivity contribution in [2.75, 3.05) is 20.8 Å². The van der Waals surface area contributed by atoms with Gasteiger partial charge in [0, 0.05) is 28.7 Å². The Bertz CT molecular complexity index is 1960. The number of fused-ring (bicyclic) bond motifs is 2. The SMILES string of the molecule is COc1ccc(C(=O)NCCc2c(C(c3ccccc3)c3c(O)c4cnsc4[nH]c3=O)[nH]c3ccccc23)cc1OC. The van der Waals surface area contributed by atoms with Gasteiger partial charge in [-0.05, 0) is 53.3 Å². The van der Waals surface area contributed by atoms with Gasteiger partial charge in [-0.3, -0.25) is 9.59 Å². The maximum absolute atomic E-state index is 13.5. The second kappa shape index (κ2) is 11.4. The minimum atomic E-state index is -0.608. The van der Waals surface area contributed by atoms with Crippen LogP contribution in [0.15, 0.2) is 83.8 Å². The van der Waals surface area contributed by atoms with E-state index in [4.69, 9.17) is 9.47 Å². The van der Waals surface area contributed by atoms with Gasteiger partial charge in [0.05, 0.1) is 37.3 Å². The van der Waals surface area contributed by atoms with Crippen LogP contribution < -0.4 is 20.3 Å². The molecule has 3 heterocycles. The second-order valence-corrected chi connectivity index (χ2v) is 10.6. The number of pyridine rings is 1. The van der Waals surface area contributed by atoms with Crippen molar-refractivity contribution >= 4 is 38.6 Å².